The van der Waals surface area contributed by atoms with E-state index in [0.717, 1.165) is 5.56 Å². The van der Waals surface area contributed by atoms with Crippen LogP contribution in [0.3, 0.4) is 0 Å². The van der Waals surface area contributed by atoms with Crippen molar-refractivity contribution in [2.24, 2.45) is 0 Å². The molecule has 2 rings (SSSR count). The van der Waals surface area contributed by atoms with E-state index in [1.807, 2.05) is 38.1 Å². The standard InChI is InChI=1S/C20H25N3O3/c1-3-18(14-24)23(13-17-6-4-5-11-21-17)20(26)12-19(25)22-16-9-7-15(2)8-10-16/h4-11,18,24H,3,12-14H2,1-2H3,(H,22,25)/t18-/m1/s1. The van der Waals surface area contributed by atoms with Gasteiger partial charge >= 0.3 is 0 Å². The number of carbonyl (C=O) groups excluding carboxylic acids is 2. The van der Waals surface area contributed by atoms with Gasteiger partial charge in [-0.1, -0.05) is 30.7 Å². The normalized spacial score (nSPS) is 11.7. The SMILES string of the molecule is CC[C@H](CO)N(Cc1ccccn1)C(=O)CC(=O)Nc1ccc(C)cc1. The van der Waals surface area contributed by atoms with Gasteiger partial charge in [0.15, 0.2) is 0 Å². The van der Waals surface area contributed by atoms with Crippen molar-refractivity contribution in [1.82, 2.24) is 9.88 Å². The monoisotopic (exact) mass is 355 g/mol. The van der Waals surface area contributed by atoms with Gasteiger partial charge in [-0.3, -0.25) is 14.6 Å². The summed E-state index contributed by atoms with van der Waals surface area (Å²) in [5, 5.41) is 12.3. The minimum atomic E-state index is -0.377. The number of anilines is 1. The number of hydrogen-bond acceptors (Lipinski definition) is 4. The number of hydrogen-bond donors (Lipinski definition) is 2. The van der Waals surface area contributed by atoms with E-state index in [2.05, 4.69) is 10.3 Å². The molecule has 0 spiro atoms. The third-order valence-electron chi connectivity index (χ3n) is 4.15. The molecule has 2 amide bonds. The van der Waals surface area contributed by atoms with Crippen LogP contribution in [0.5, 0.6) is 0 Å². The van der Waals surface area contributed by atoms with Gasteiger partial charge < -0.3 is 15.3 Å². The molecule has 1 heterocycles. The first-order valence-corrected chi connectivity index (χ1v) is 8.70. The van der Waals surface area contributed by atoms with Crippen molar-refractivity contribution in [3.63, 3.8) is 0 Å². The Morgan fingerprint density at radius 2 is 1.92 bits per heavy atom. The minimum Gasteiger partial charge on any atom is -0.394 e. The lowest BCUT2D eigenvalue weighted by Gasteiger charge is -2.29. The maximum atomic E-state index is 12.7. The summed E-state index contributed by atoms with van der Waals surface area (Å²) in [6.07, 6.45) is 1.97. The number of nitrogens with zero attached hydrogens (tertiary/aromatic N) is 2. The number of rotatable bonds is 8. The first-order valence-electron chi connectivity index (χ1n) is 8.70. The molecule has 0 bridgehead atoms. The van der Waals surface area contributed by atoms with Gasteiger partial charge in [0, 0.05) is 11.9 Å². The van der Waals surface area contributed by atoms with Gasteiger partial charge in [-0.25, -0.2) is 0 Å². The van der Waals surface area contributed by atoms with Crippen molar-refractivity contribution in [1.29, 1.82) is 0 Å². The Kier molecular flexibility index (Phi) is 7.29. The highest BCUT2D eigenvalue weighted by Gasteiger charge is 2.24. The maximum Gasteiger partial charge on any atom is 0.233 e. The van der Waals surface area contributed by atoms with Gasteiger partial charge in [0.25, 0.3) is 0 Å². The molecule has 2 N–H and O–H groups in total. The Morgan fingerprint density at radius 3 is 2.50 bits per heavy atom. The van der Waals surface area contributed by atoms with Gasteiger partial charge in [-0.15, -0.1) is 0 Å². The number of pyridine rings is 1. The molecule has 0 radical (unpaired) electrons. The van der Waals surface area contributed by atoms with E-state index in [1.54, 1.807) is 24.4 Å². The van der Waals surface area contributed by atoms with Crippen molar-refractivity contribution >= 4 is 17.5 Å². The summed E-state index contributed by atoms with van der Waals surface area (Å²) in [6, 6.07) is 12.5. The fraction of sp³-hybridized carbons (Fsp3) is 0.350. The van der Waals surface area contributed by atoms with Crippen molar-refractivity contribution < 1.29 is 14.7 Å². The van der Waals surface area contributed by atoms with E-state index in [4.69, 9.17) is 0 Å². The Hall–Kier alpha value is -2.73. The van der Waals surface area contributed by atoms with Crippen LogP contribution >= 0.6 is 0 Å². The molecule has 1 atom stereocenters. The minimum absolute atomic E-state index is 0.158. The third-order valence-corrected chi connectivity index (χ3v) is 4.15. The van der Waals surface area contributed by atoms with Crippen LogP contribution in [0, 0.1) is 6.92 Å². The Morgan fingerprint density at radius 1 is 1.19 bits per heavy atom. The highest BCUT2D eigenvalue weighted by molar-refractivity contribution is 6.03. The molecule has 6 nitrogen and oxygen atoms in total. The van der Waals surface area contributed by atoms with Crippen molar-refractivity contribution in [3.05, 3.63) is 59.9 Å². The number of benzene rings is 1. The molecule has 1 aromatic heterocycles. The van der Waals surface area contributed by atoms with Crippen LogP contribution in [0.2, 0.25) is 0 Å². The first-order chi connectivity index (χ1) is 12.5. The molecular formula is C20H25N3O3. The molecule has 1 aromatic carbocycles. The number of aryl methyl sites for hydroxylation is 1. The summed E-state index contributed by atoms with van der Waals surface area (Å²) in [5.41, 5.74) is 2.46. The van der Waals surface area contributed by atoms with Crippen LogP contribution in [0.1, 0.15) is 31.0 Å². The second-order valence-corrected chi connectivity index (χ2v) is 6.18. The fourth-order valence-corrected chi connectivity index (χ4v) is 2.62. The topological polar surface area (TPSA) is 82.5 Å². The van der Waals surface area contributed by atoms with Crippen molar-refractivity contribution in [3.8, 4) is 0 Å². The molecule has 0 aliphatic carbocycles. The highest BCUT2D eigenvalue weighted by atomic mass is 16.3. The van der Waals surface area contributed by atoms with E-state index in [9.17, 15) is 14.7 Å². The van der Waals surface area contributed by atoms with Crippen LogP contribution in [0.25, 0.3) is 0 Å². The molecule has 138 valence electrons. The molecule has 0 aliphatic heterocycles. The summed E-state index contributed by atoms with van der Waals surface area (Å²) >= 11 is 0. The Labute approximate surface area is 153 Å². The van der Waals surface area contributed by atoms with Gasteiger partial charge in [0.2, 0.25) is 11.8 Å². The molecular weight excluding hydrogens is 330 g/mol. The first kappa shape index (κ1) is 19.6. The quantitative estimate of drug-likeness (QED) is 0.713. The summed E-state index contributed by atoms with van der Waals surface area (Å²) < 4.78 is 0. The number of carbonyl (C=O) groups is 2. The van der Waals surface area contributed by atoms with Gasteiger partial charge in [0.05, 0.1) is 24.9 Å². The molecule has 26 heavy (non-hydrogen) atoms. The lowest BCUT2D eigenvalue weighted by atomic mass is 10.1. The third kappa shape index (κ3) is 5.67. The molecule has 0 aliphatic rings. The highest BCUT2D eigenvalue weighted by Crippen LogP contribution is 2.13. The Bertz CT molecular complexity index is 713. The lowest BCUT2D eigenvalue weighted by molar-refractivity contribution is -0.138. The number of amides is 2. The van der Waals surface area contributed by atoms with E-state index in [1.165, 1.54) is 4.90 Å². The van der Waals surface area contributed by atoms with Crippen LogP contribution in [0.15, 0.2) is 48.7 Å². The molecule has 0 unspecified atom stereocenters. The van der Waals surface area contributed by atoms with Gasteiger partial charge in [0.1, 0.15) is 6.42 Å². The number of nitrogens with one attached hydrogen (secondary N) is 1. The Balaban J connectivity index is 2.04. The van der Waals surface area contributed by atoms with Crippen LogP contribution in [-0.2, 0) is 16.1 Å². The summed E-state index contributed by atoms with van der Waals surface area (Å²) in [6.45, 7) is 3.96. The van der Waals surface area contributed by atoms with E-state index < -0.39 is 0 Å². The summed E-state index contributed by atoms with van der Waals surface area (Å²) in [7, 11) is 0. The summed E-state index contributed by atoms with van der Waals surface area (Å²) in [5.74, 6) is -0.709. The largest absolute Gasteiger partial charge is 0.394 e. The summed E-state index contributed by atoms with van der Waals surface area (Å²) in [4.78, 5) is 30.7. The van der Waals surface area contributed by atoms with E-state index in [-0.39, 0.29) is 37.4 Å². The second kappa shape index (κ2) is 9.68. The predicted octanol–water partition coefficient (Wildman–Crippen LogP) is 2.52. The van der Waals surface area contributed by atoms with Gasteiger partial charge in [-0.2, -0.15) is 0 Å². The molecule has 2 aromatic rings. The molecule has 0 saturated carbocycles. The van der Waals surface area contributed by atoms with Crippen LogP contribution in [0.4, 0.5) is 5.69 Å². The van der Waals surface area contributed by atoms with Crippen molar-refractivity contribution in [2.45, 2.75) is 39.3 Å². The average Bonchev–Trinajstić information content (AvgIpc) is 2.64. The predicted molar refractivity (Wildman–Crippen MR) is 100 cm³/mol. The molecule has 0 saturated heterocycles. The number of aliphatic hydroxyl groups is 1. The second-order valence-electron chi connectivity index (χ2n) is 6.18. The molecule has 0 fully saturated rings. The molecule has 6 heteroatoms. The zero-order valence-corrected chi connectivity index (χ0v) is 15.2. The van der Waals surface area contributed by atoms with E-state index >= 15 is 0 Å². The number of aliphatic hydroxyl groups excluding tert-OH is 1. The van der Waals surface area contributed by atoms with Crippen LogP contribution < -0.4 is 5.32 Å². The van der Waals surface area contributed by atoms with Gasteiger partial charge in [-0.05, 0) is 37.6 Å². The lowest BCUT2D eigenvalue weighted by Crippen LogP contribution is -2.43. The van der Waals surface area contributed by atoms with Crippen molar-refractivity contribution in [2.75, 3.05) is 11.9 Å². The maximum absolute atomic E-state index is 12.7. The zero-order valence-electron chi connectivity index (χ0n) is 15.2. The fourth-order valence-electron chi connectivity index (χ4n) is 2.62. The van der Waals surface area contributed by atoms with Crippen LogP contribution in [-0.4, -0.2) is 39.5 Å². The van der Waals surface area contributed by atoms with E-state index in [0.29, 0.717) is 17.8 Å². The number of aromatic nitrogens is 1. The zero-order chi connectivity index (χ0) is 18.9. The smallest absolute Gasteiger partial charge is 0.233 e. The average molecular weight is 355 g/mol.